The molecule has 0 saturated carbocycles. The molecule has 2 aromatic heterocycles. The number of allylic oxidation sites excluding steroid dienone is 1. The minimum absolute atomic E-state index is 0.126. The van der Waals surface area contributed by atoms with Crippen LogP contribution in [0.3, 0.4) is 0 Å². The minimum Gasteiger partial charge on any atom is -0.444 e. The number of nitrogens with one attached hydrogen (secondary N) is 1. The number of carbonyl (C=O) groups is 2. The van der Waals surface area contributed by atoms with Gasteiger partial charge in [0.1, 0.15) is 12.0 Å². The van der Waals surface area contributed by atoms with Gasteiger partial charge in [0.25, 0.3) is 0 Å². The van der Waals surface area contributed by atoms with Crippen molar-refractivity contribution in [3.63, 3.8) is 0 Å². The highest BCUT2D eigenvalue weighted by molar-refractivity contribution is 8.02. The molecule has 4 aromatic rings. The number of aromatic nitrogens is 2. The number of carbonyl (C=O) groups excluding carboxylic acids is 2. The number of rotatable bonds is 5. The fraction of sp³-hybridized carbons (Fsp3) is 0.0800. The number of hydrogen-bond acceptors (Lipinski definition) is 6. The van der Waals surface area contributed by atoms with E-state index in [1.165, 1.54) is 16.3 Å². The molecule has 32 heavy (non-hydrogen) atoms. The number of ketones is 1. The van der Waals surface area contributed by atoms with Crippen molar-refractivity contribution in [1.82, 2.24) is 14.9 Å². The third-order valence-corrected chi connectivity index (χ3v) is 6.17. The maximum Gasteiger partial charge on any atom is 0.418 e. The van der Waals surface area contributed by atoms with Gasteiger partial charge < -0.3 is 10.1 Å². The summed E-state index contributed by atoms with van der Waals surface area (Å²) in [4.78, 5) is 30.5. The molecule has 0 bridgehead atoms. The maximum absolute atomic E-state index is 13.3. The standard InChI is InChI=1S/C25H19N3O3S/c29-23(21-16-32-24(27-21)20-11-6-7-13-26-20)19-14-28(22-12-5-4-10-18(19)22)25(30)31-15-17-8-2-1-3-9-17/h1-14,16,24,27H,15H2. The fourth-order valence-corrected chi connectivity index (χ4v) is 4.51. The van der Waals surface area contributed by atoms with Crippen LogP contribution in [0.4, 0.5) is 4.79 Å². The Morgan fingerprint density at radius 2 is 1.78 bits per heavy atom. The molecule has 1 N–H and O–H groups in total. The predicted octanol–water partition coefficient (Wildman–Crippen LogP) is 5.28. The Morgan fingerprint density at radius 1 is 1.00 bits per heavy atom. The summed E-state index contributed by atoms with van der Waals surface area (Å²) in [6.07, 6.45) is 2.76. The molecule has 0 spiro atoms. The number of nitrogens with zero attached hydrogens (tertiary/aromatic N) is 2. The largest absolute Gasteiger partial charge is 0.444 e. The van der Waals surface area contributed by atoms with Crippen LogP contribution >= 0.6 is 11.8 Å². The molecule has 2 aromatic carbocycles. The number of pyridine rings is 1. The van der Waals surface area contributed by atoms with Crippen molar-refractivity contribution in [2.75, 3.05) is 0 Å². The van der Waals surface area contributed by atoms with Crippen molar-refractivity contribution in [3.05, 3.63) is 113 Å². The van der Waals surface area contributed by atoms with Crippen molar-refractivity contribution < 1.29 is 14.3 Å². The molecule has 1 aliphatic heterocycles. The molecule has 158 valence electrons. The van der Waals surface area contributed by atoms with Crippen molar-refractivity contribution >= 4 is 34.5 Å². The monoisotopic (exact) mass is 441 g/mol. The van der Waals surface area contributed by atoms with Crippen LogP contribution in [0.25, 0.3) is 10.9 Å². The van der Waals surface area contributed by atoms with Crippen molar-refractivity contribution in [3.8, 4) is 0 Å². The molecule has 5 rings (SSSR count). The molecule has 0 amide bonds. The molecule has 0 fully saturated rings. The molecule has 1 unspecified atom stereocenters. The van der Waals surface area contributed by atoms with Crippen LogP contribution in [0.5, 0.6) is 0 Å². The predicted molar refractivity (Wildman–Crippen MR) is 124 cm³/mol. The molecular formula is C25H19N3O3S. The van der Waals surface area contributed by atoms with E-state index >= 15 is 0 Å². The Labute approximate surface area is 188 Å². The zero-order valence-corrected chi connectivity index (χ0v) is 17.8. The highest BCUT2D eigenvalue weighted by Crippen LogP contribution is 2.35. The average molecular weight is 442 g/mol. The van der Waals surface area contributed by atoms with Crippen molar-refractivity contribution in [1.29, 1.82) is 0 Å². The van der Waals surface area contributed by atoms with Gasteiger partial charge in [-0.1, -0.05) is 54.6 Å². The van der Waals surface area contributed by atoms with Crippen LogP contribution in [0.1, 0.15) is 27.0 Å². The van der Waals surface area contributed by atoms with Gasteiger partial charge in [-0.2, -0.15) is 0 Å². The summed E-state index contributed by atoms with van der Waals surface area (Å²) in [5.41, 5.74) is 3.29. The lowest BCUT2D eigenvalue weighted by molar-refractivity contribution is 0.102. The maximum atomic E-state index is 13.3. The van der Waals surface area contributed by atoms with E-state index in [4.69, 9.17) is 4.74 Å². The number of para-hydroxylation sites is 1. The SMILES string of the molecule is O=C(C1=CSC(c2ccccn2)N1)c1cn(C(=O)OCc2ccccc2)c2ccccc12. The zero-order chi connectivity index (χ0) is 21.9. The van der Waals surface area contributed by atoms with E-state index in [1.807, 2.05) is 72.1 Å². The first-order valence-corrected chi connectivity index (χ1v) is 11.0. The fourth-order valence-electron chi connectivity index (χ4n) is 3.58. The second kappa shape index (κ2) is 8.72. The number of Topliss-reactive ketones (excluding diaryl/α,β-unsaturated/α-hetero) is 1. The smallest absolute Gasteiger partial charge is 0.418 e. The Balaban J connectivity index is 1.39. The van der Waals surface area contributed by atoms with Crippen LogP contribution in [0, 0.1) is 0 Å². The van der Waals surface area contributed by atoms with Crippen LogP contribution < -0.4 is 5.32 Å². The highest BCUT2D eigenvalue weighted by Gasteiger charge is 2.27. The zero-order valence-electron chi connectivity index (χ0n) is 17.0. The van der Waals surface area contributed by atoms with Gasteiger partial charge in [0, 0.05) is 23.2 Å². The lowest BCUT2D eigenvalue weighted by atomic mass is 10.1. The van der Waals surface area contributed by atoms with Gasteiger partial charge in [0.15, 0.2) is 0 Å². The molecule has 6 nitrogen and oxygen atoms in total. The lowest BCUT2D eigenvalue weighted by Gasteiger charge is -2.11. The van der Waals surface area contributed by atoms with E-state index in [9.17, 15) is 9.59 Å². The summed E-state index contributed by atoms with van der Waals surface area (Å²) in [6.45, 7) is 0.157. The van der Waals surface area contributed by atoms with E-state index in [2.05, 4.69) is 10.3 Å². The number of thioether (sulfide) groups is 1. The average Bonchev–Trinajstić information content (AvgIpc) is 3.49. The van der Waals surface area contributed by atoms with E-state index in [-0.39, 0.29) is 17.8 Å². The Hall–Kier alpha value is -3.84. The molecule has 0 aliphatic carbocycles. The number of hydrogen-bond donors (Lipinski definition) is 1. The van der Waals surface area contributed by atoms with Crippen molar-refractivity contribution in [2.45, 2.75) is 12.0 Å². The lowest BCUT2D eigenvalue weighted by Crippen LogP contribution is -2.20. The first-order chi connectivity index (χ1) is 15.7. The van der Waals surface area contributed by atoms with Crippen molar-refractivity contribution in [2.24, 2.45) is 0 Å². The van der Waals surface area contributed by atoms with E-state index in [0.717, 1.165) is 11.3 Å². The molecule has 3 heterocycles. The Kier molecular flexibility index (Phi) is 5.47. The van der Waals surface area contributed by atoms with Crippen LogP contribution in [-0.4, -0.2) is 21.4 Å². The number of ether oxygens (including phenoxy) is 1. The number of fused-ring (bicyclic) bond motifs is 1. The Bertz CT molecular complexity index is 1320. The molecule has 0 saturated heterocycles. The third kappa shape index (κ3) is 3.90. The summed E-state index contributed by atoms with van der Waals surface area (Å²) in [7, 11) is 0. The minimum atomic E-state index is -0.529. The normalized spacial score (nSPS) is 15.2. The van der Waals surface area contributed by atoms with Gasteiger partial charge in [-0.05, 0) is 23.8 Å². The summed E-state index contributed by atoms with van der Waals surface area (Å²) in [5, 5.41) is 5.62. The van der Waals surface area contributed by atoms with Gasteiger partial charge in [0.05, 0.1) is 22.5 Å². The van der Waals surface area contributed by atoms with E-state index in [0.29, 0.717) is 22.2 Å². The van der Waals surface area contributed by atoms with E-state index in [1.54, 1.807) is 18.5 Å². The molecule has 0 radical (unpaired) electrons. The van der Waals surface area contributed by atoms with E-state index < -0.39 is 6.09 Å². The molecule has 7 heteroatoms. The van der Waals surface area contributed by atoms with Gasteiger partial charge in [-0.3, -0.25) is 14.3 Å². The van der Waals surface area contributed by atoms with Crippen LogP contribution in [-0.2, 0) is 11.3 Å². The summed E-state index contributed by atoms with van der Waals surface area (Å²) >= 11 is 1.50. The number of benzene rings is 2. The molecule has 1 aliphatic rings. The van der Waals surface area contributed by atoms with Gasteiger partial charge in [-0.25, -0.2) is 4.79 Å². The Morgan fingerprint density at radius 3 is 2.59 bits per heavy atom. The highest BCUT2D eigenvalue weighted by atomic mass is 32.2. The first kappa shape index (κ1) is 20.1. The topological polar surface area (TPSA) is 73.2 Å². The summed E-state index contributed by atoms with van der Waals surface area (Å²) in [6, 6.07) is 22.5. The first-order valence-electron chi connectivity index (χ1n) is 10.1. The molecule has 1 atom stereocenters. The third-order valence-electron chi connectivity index (χ3n) is 5.17. The second-order valence-corrected chi connectivity index (χ2v) is 8.23. The summed E-state index contributed by atoms with van der Waals surface area (Å²) < 4.78 is 6.88. The quantitative estimate of drug-likeness (QED) is 0.425. The van der Waals surface area contributed by atoms with Gasteiger partial charge in [0.2, 0.25) is 5.78 Å². The van der Waals surface area contributed by atoms with Gasteiger partial charge >= 0.3 is 6.09 Å². The van der Waals surface area contributed by atoms with Gasteiger partial charge in [-0.15, -0.1) is 11.8 Å². The van der Waals surface area contributed by atoms with Crippen LogP contribution in [0.2, 0.25) is 0 Å². The summed E-state index contributed by atoms with van der Waals surface area (Å²) in [5.74, 6) is -0.179. The van der Waals surface area contributed by atoms with Crippen LogP contribution in [0.15, 0.2) is 96.3 Å². The second-order valence-electron chi connectivity index (χ2n) is 7.25. The molecular weight excluding hydrogens is 422 g/mol.